The summed E-state index contributed by atoms with van der Waals surface area (Å²) in [6.45, 7) is 4.42. The van der Waals surface area contributed by atoms with Gasteiger partial charge in [-0.15, -0.1) is 0 Å². The van der Waals surface area contributed by atoms with Crippen molar-refractivity contribution in [2.75, 3.05) is 6.61 Å². The monoisotopic (exact) mass is 252 g/mol. The molecule has 17 heavy (non-hydrogen) atoms. The highest BCUT2D eigenvalue weighted by Crippen LogP contribution is 2.30. The van der Waals surface area contributed by atoms with Crippen LogP contribution in [-0.2, 0) is 0 Å². The van der Waals surface area contributed by atoms with Crippen LogP contribution in [0.5, 0.6) is 5.75 Å². The summed E-state index contributed by atoms with van der Waals surface area (Å²) in [5.41, 5.74) is 6.90. The maximum Gasteiger partial charge on any atom is 0.137 e. The van der Waals surface area contributed by atoms with Crippen LogP contribution in [0, 0.1) is 17.2 Å². The van der Waals surface area contributed by atoms with Gasteiger partial charge in [-0.2, -0.15) is 5.26 Å². The summed E-state index contributed by atoms with van der Waals surface area (Å²) < 4.78 is 5.35. The molecule has 0 amide bonds. The number of rotatable bonds is 5. The summed E-state index contributed by atoms with van der Waals surface area (Å²) in [5.74, 6) is 0.458. The van der Waals surface area contributed by atoms with Gasteiger partial charge in [0, 0.05) is 6.04 Å². The minimum absolute atomic E-state index is 0.191. The zero-order valence-corrected chi connectivity index (χ0v) is 10.9. The van der Waals surface area contributed by atoms with Crippen LogP contribution in [0.2, 0.25) is 5.02 Å². The van der Waals surface area contributed by atoms with Gasteiger partial charge < -0.3 is 10.5 Å². The van der Waals surface area contributed by atoms with E-state index in [1.54, 1.807) is 12.1 Å². The van der Waals surface area contributed by atoms with Crippen molar-refractivity contribution in [1.29, 1.82) is 5.26 Å². The minimum atomic E-state index is -0.307. The van der Waals surface area contributed by atoms with Gasteiger partial charge in [0.2, 0.25) is 0 Å². The largest absolute Gasteiger partial charge is 0.492 e. The Hall–Kier alpha value is -1.24. The van der Waals surface area contributed by atoms with Gasteiger partial charge in [0.05, 0.1) is 23.6 Å². The zero-order chi connectivity index (χ0) is 12.8. The fraction of sp³-hybridized carbons (Fsp3) is 0.462. The second-order valence-electron chi connectivity index (χ2n) is 3.79. The fourth-order valence-electron chi connectivity index (χ4n) is 1.65. The van der Waals surface area contributed by atoms with Crippen molar-refractivity contribution in [3.05, 3.63) is 28.8 Å². The highest BCUT2D eigenvalue weighted by atomic mass is 35.5. The molecule has 0 aliphatic rings. The van der Waals surface area contributed by atoms with Crippen LogP contribution in [0.3, 0.4) is 0 Å². The molecule has 4 heteroatoms. The van der Waals surface area contributed by atoms with E-state index in [-0.39, 0.29) is 12.0 Å². The maximum absolute atomic E-state index is 8.98. The lowest BCUT2D eigenvalue weighted by atomic mass is 9.93. The average Bonchev–Trinajstić information content (AvgIpc) is 2.33. The van der Waals surface area contributed by atoms with Crippen molar-refractivity contribution in [1.82, 2.24) is 0 Å². The molecule has 2 N–H and O–H groups in total. The third-order valence-corrected chi connectivity index (χ3v) is 2.98. The van der Waals surface area contributed by atoms with Gasteiger partial charge in [0.1, 0.15) is 5.75 Å². The second-order valence-corrected chi connectivity index (χ2v) is 4.20. The number of nitriles is 1. The molecule has 0 radical (unpaired) electrons. The Morgan fingerprint density at radius 1 is 1.47 bits per heavy atom. The lowest BCUT2D eigenvalue weighted by molar-refractivity contribution is 0.340. The van der Waals surface area contributed by atoms with E-state index in [1.165, 1.54) is 0 Å². The molecule has 0 bridgehead atoms. The van der Waals surface area contributed by atoms with E-state index >= 15 is 0 Å². The molecular weight excluding hydrogens is 236 g/mol. The van der Waals surface area contributed by atoms with E-state index in [0.29, 0.717) is 17.4 Å². The fourth-order valence-corrected chi connectivity index (χ4v) is 1.90. The molecule has 0 spiro atoms. The van der Waals surface area contributed by atoms with E-state index in [1.807, 2.05) is 19.9 Å². The van der Waals surface area contributed by atoms with Gasteiger partial charge >= 0.3 is 0 Å². The summed E-state index contributed by atoms with van der Waals surface area (Å²) in [6.07, 6.45) is 0.725. The number of nitrogens with zero attached hydrogens (tertiary/aromatic N) is 1. The van der Waals surface area contributed by atoms with Crippen molar-refractivity contribution in [3.63, 3.8) is 0 Å². The van der Waals surface area contributed by atoms with Crippen LogP contribution in [0.25, 0.3) is 0 Å². The van der Waals surface area contributed by atoms with Crippen LogP contribution in [0.1, 0.15) is 31.9 Å². The average molecular weight is 253 g/mol. The van der Waals surface area contributed by atoms with Crippen molar-refractivity contribution in [3.8, 4) is 11.8 Å². The molecule has 0 aliphatic heterocycles. The topological polar surface area (TPSA) is 59.0 Å². The molecule has 92 valence electrons. The van der Waals surface area contributed by atoms with Crippen LogP contribution < -0.4 is 10.5 Å². The third kappa shape index (κ3) is 3.36. The first-order valence-electron chi connectivity index (χ1n) is 5.71. The van der Waals surface area contributed by atoms with Gasteiger partial charge in [0.15, 0.2) is 0 Å². The third-order valence-electron chi connectivity index (χ3n) is 2.68. The van der Waals surface area contributed by atoms with Crippen molar-refractivity contribution < 1.29 is 4.74 Å². The number of hydrogen-bond donors (Lipinski definition) is 1. The quantitative estimate of drug-likeness (QED) is 0.875. The van der Waals surface area contributed by atoms with E-state index in [2.05, 4.69) is 6.07 Å². The minimum Gasteiger partial charge on any atom is -0.492 e. The Morgan fingerprint density at radius 2 is 2.18 bits per heavy atom. The van der Waals surface area contributed by atoms with Crippen LogP contribution in [0.15, 0.2) is 18.2 Å². The Labute approximate surface area is 107 Å². The van der Waals surface area contributed by atoms with Gasteiger partial charge in [0.25, 0.3) is 0 Å². The number of ether oxygens (including phenoxy) is 1. The van der Waals surface area contributed by atoms with E-state index in [9.17, 15) is 0 Å². The Bertz CT molecular complexity index is 414. The molecule has 1 aromatic rings. The van der Waals surface area contributed by atoms with Crippen LogP contribution >= 0.6 is 11.6 Å². The van der Waals surface area contributed by atoms with E-state index in [4.69, 9.17) is 27.3 Å². The van der Waals surface area contributed by atoms with Gasteiger partial charge in [-0.3, -0.25) is 0 Å². The molecule has 2 unspecified atom stereocenters. The molecule has 1 aromatic carbocycles. The first-order valence-corrected chi connectivity index (χ1v) is 6.09. The highest BCUT2D eigenvalue weighted by molar-refractivity contribution is 6.32. The molecule has 0 aromatic heterocycles. The van der Waals surface area contributed by atoms with Crippen molar-refractivity contribution in [2.45, 2.75) is 26.3 Å². The first-order chi connectivity index (χ1) is 8.13. The standard InChI is InChI=1S/C13H17ClN2O/c1-3-9(8-15)13(16)10-5-6-12(17-4-2)11(14)7-10/h5-7,9,13H,3-4,16H2,1-2H3. The molecule has 0 saturated heterocycles. The van der Waals surface area contributed by atoms with Gasteiger partial charge in [-0.1, -0.05) is 24.6 Å². The lowest BCUT2D eigenvalue weighted by Gasteiger charge is -2.17. The molecular formula is C13H17ClN2O. The molecule has 0 fully saturated rings. The number of benzene rings is 1. The summed E-state index contributed by atoms with van der Waals surface area (Å²) in [7, 11) is 0. The van der Waals surface area contributed by atoms with Crippen LogP contribution in [-0.4, -0.2) is 6.61 Å². The number of nitrogens with two attached hydrogens (primary N) is 1. The molecule has 2 atom stereocenters. The summed E-state index contributed by atoms with van der Waals surface area (Å²) in [5, 5.41) is 9.51. The SMILES string of the molecule is CCOc1ccc(C(N)C(C#N)CC)cc1Cl. The predicted molar refractivity (Wildman–Crippen MR) is 68.9 cm³/mol. The molecule has 0 heterocycles. The molecule has 0 saturated carbocycles. The smallest absolute Gasteiger partial charge is 0.137 e. The van der Waals surface area contributed by atoms with Crippen molar-refractivity contribution in [2.24, 2.45) is 11.7 Å². The van der Waals surface area contributed by atoms with Gasteiger partial charge in [-0.05, 0) is 31.0 Å². The Morgan fingerprint density at radius 3 is 2.65 bits per heavy atom. The van der Waals surface area contributed by atoms with Gasteiger partial charge in [-0.25, -0.2) is 0 Å². The molecule has 1 rings (SSSR count). The van der Waals surface area contributed by atoms with Crippen LogP contribution in [0.4, 0.5) is 0 Å². The summed E-state index contributed by atoms with van der Waals surface area (Å²) in [6, 6.07) is 7.34. The summed E-state index contributed by atoms with van der Waals surface area (Å²) in [4.78, 5) is 0. The number of halogens is 1. The molecule has 3 nitrogen and oxygen atoms in total. The maximum atomic E-state index is 8.98. The Kier molecular flexibility index (Phi) is 5.27. The van der Waals surface area contributed by atoms with Crippen molar-refractivity contribution >= 4 is 11.6 Å². The number of hydrogen-bond acceptors (Lipinski definition) is 3. The van der Waals surface area contributed by atoms with E-state index < -0.39 is 0 Å². The zero-order valence-electron chi connectivity index (χ0n) is 10.1. The van der Waals surface area contributed by atoms with E-state index in [0.717, 1.165) is 12.0 Å². The Balaban J connectivity index is 2.93. The lowest BCUT2D eigenvalue weighted by Crippen LogP contribution is -2.19. The second kappa shape index (κ2) is 6.48. The highest BCUT2D eigenvalue weighted by Gasteiger charge is 2.18. The summed E-state index contributed by atoms with van der Waals surface area (Å²) >= 11 is 6.08. The normalized spacial score (nSPS) is 13.8. The first kappa shape index (κ1) is 13.8. The molecule has 0 aliphatic carbocycles. The predicted octanol–water partition coefficient (Wildman–Crippen LogP) is 3.29.